The second kappa shape index (κ2) is 16.1. The van der Waals surface area contributed by atoms with Crippen LogP contribution in [-0.4, -0.2) is 27.8 Å². The van der Waals surface area contributed by atoms with Gasteiger partial charge in [-0.2, -0.15) is 0 Å². The molecule has 0 atom stereocenters. The standard InChI is InChI=1S/C37H31N2O.C14H16GeN.Ir/c1-23-19-24(2)35-28-21-27(16-18-33(28)40-34(35)20-23)36-38-30-13-9-10-14-32(30)39(36)31-17-15-26(22-29(31)37(3,4)5)25-11-7-6-8-12-25;1-15(2,3)13-9-10-14(16-11-13)12-7-5-4-6-8-12;/h6-15,17-22H,1-5H3;4-7,9-11H,1-3H3;/q2*-1;/i1D3,2D3;;. The maximum atomic E-state index is 8.25. The molecular formula is C51H47GeIrN3O-2. The van der Waals surface area contributed by atoms with Gasteiger partial charge in [-0.25, -0.2) is 0 Å². The third-order valence-corrected chi connectivity index (χ3v) is 14.3. The summed E-state index contributed by atoms with van der Waals surface area (Å²) in [4.78, 5) is 9.60. The van der Waals surface area contributed by atoms with Crippen LogP contribution in [0.3, 0.4) is 0 Å². The fourth-order valence-corrected chi connectivity index (χ4v) is 9.29. The third-order valence-electron chi connectivity index (χ3n) is 10.1. The summed E-state index contributed by atoms with van der Waals surface area (Å²) in [5, 5.41) is 0.921. The Balaban J connectivity index is 0.000000295. The third kappa shape index (κ3) is 8.20. The van der Waals surface area contributed by atoms with Crippen molar-refractivity contribution in [3.8, 4) is 39.5 Å². The predicted octanol–water partition coefficient (Wildman–Crippen LogP) is 13.1. The number of fused-ring (bicyclic) bond motifs is 4. The van der Waals surface area contributed by atoms with Crippen molar-refractivity contribution < 1.29 is 32.7 Å². The maximum Gasteiger partial charge on any atom is 0 e. The Morgan fingerprint density at radius 3 is 2.23 bits per heavy atom. The van der Waals surface area contributed by atoms with Crippen molar-refractivity contribution in [1.82, 2.24) is 14.5 Å². The number of imidazole rings is 1. The zero-order valence-electron chi connectivity index (χ0n) is 38.9. The van der Waals surface area contributed by atoms with Crippen LogP contribution in [0.5, 0.6) is 0 Å². The molecule has 9 aromatic rings. The minimum Gasteiger partial charge on any atom is 0 e. The smallest absolute Gasteiger partial charge is 0 e. The van der Waals surface area contributed by atoms with Gasteiger partial charge in [0.2, 0.25) is 0 Å². The van der Waals surface area contributed by atoms with Gasteiger partial charge in [-0.1, -0.05) is 80.8 Å². The van der Waals surface area contributed by atoms with Crippen molar-refractivity contribution in [2.45, 2.75) is 57.2 Å². The topological polar surface area (TPSA) is 43.9 Å². The number of nitrogens with zero attached hydrogens (tertiary/aromatic N) is 3. The first-order valence-electron chi connectivity index (χ1n) is 21.8. The number of pyridine rings is 1. The zero-order valence-corrected chi connectivity index (χ0v) is 37.4. The monoisotopic (exact) mass is 990 g/mol. The van der Waals surface area contributed by atoms with Crippen molar-refractivity contribution in [3.63, 3.8) is 0 Å². The van der Waals surface area contributed by atoms with E-state index < -0.39 is 27.0 Å². The van der Waals surface area contributed by atoms with Gasteiger partial charge in [-0.15, -0.1) is 23.8 Å². The molecule has 0 saturated heterocycles. The van der Waals surface area contributed by atoms with E-state index in [2.05, 4.69) is 102 Å². The summed E-state index contributed by atoms with van der Waals surface area (Å²) in [7, 11) is 0. The van der Waals surface area contributed by atoms with Gasteiger partial charge in [-0.05, 0) is 77.3 Å². The van der Waals surface area contributed by atoms with Crippen LogP contribution in [0.1, 0.15) is 45.7 Å². The van der Waals surface area contributed by atoms with E-state index in [4.69, 9.17) is 17.6 Å². The van der Waals surface area contributed by atoms with Crippen LogP contribution in [0.4, 0.5) is 0 Å². The summed E-state index contributed by atoms with van der Waals surface area (Å²) in [6, 6.07) is 49.8. The van der Waals surface area contributed by atoms with Gasteiger partial charge in [0.25, 0.3) is 0 Å². The van der Waals surface area contributed by atoms with E-state index in [1.54, 1.807) is 6.07 Å². The molecule has 0 aliphatic rings. The van der Waals surface area contributed by atoms with Gasteiger partial charge in [0.1, 0.15) is 5.58 Å². The quantitative estimate of drug-likeness (QED) is 0.127. The molecule has 3 heterocycles. The number of hydrogen-bond donors (Lipinski definition) is 0. The fraction of sp³-hybridized carbons (Fsp3) is 0.176. The molecule has 0 aliphatic heterocycles. The molecule has 9 rings (SSSR count). The van der Waals surface area contributed by atoms with Gasteiger partial charge < -0.3 is 8.98 Å². The molecule has 3 aromatic heterocycles. The van der Waals surface area contributed by atoms with Gasteiger partial charge in [0.15, 0.2) is 0 Å². The summed E-state index contributed by atoms with van der Waals surface area (Å²) in [5.74, 6) is 7.78. The molecular weight excluding hydrogens is 935 g/mol. The Labute approximate surface area is 361 Å². The number of aromatic nitrogens is 3. The van der Waals surface area contributed by atoms with Crippen LogP contribution in [-0.2, 0) is 25.5 Å². The Morgan fingerprint density at radius 2 is 1.53 bits per heavy atom. The number of rotatable bonds is 5. The Bertz CT molecular complexity index is 3050. The SMILES string of the molecule is [2H]C([2H])([2H])c1cc(C([2H])([2H])[2H])c2c(c1)oc1c[c-]c(-c3nc4ccccc4n3-c3ccc(-c4ccccc4)cc3C(C)(C)C)cc12.[CH3][Ge]([CH3])([CH3])[c]1ccc(-c2[c-]cccc2)nc1.[Ir]. The Hall–Kier alpha value is -5.07. The summed E-state index contributed by atoms with van der Waals surface area (Å²) in [5.41, 5.74) is 9.08. The molecule has 0 N–H and O–H groups in total. The summed E-state index contributed by atoms with van der Waals surface area (Å²) >= 11 is -1.72. The first-order chi connectivity index (χ1) is 29.3. The summed E-state index contributed by atoms with van der Waals surface area (Å²) in [6.07, 6.45) is 2.04. The maximum absolute atomic E-state index is 8.25. The summed E-state index contributed by atoms with van der Waals surface area (Å²) in [6.45, 7) is 1.53. The van der Waals surface area contributed by atoms with Gasteiger partial charge >= 0.3 is 99.8 Å². The van der Waals surface area contributed by atoms with E-state index in [1.807, 2.05) is 79.0 Å². The average molecular weight is 989 g/mol. The van der Waals surface area contributed by atoms with E-state index in [-0.39, 0.29) is 42.2 Å². The van der Waals surface area contributed by atoms with E-state index in [1.165, 1.54) is 16.5 Å². The number of para-hydroxylation sites is 2. The second-order valence-corrected chi connectivity index (χ2v) is 26.8. The van der Waals surface area contributed by atoms with E-state index >= 15 is 0 Å². The van der Waals surface area contributed by atoms with Crippen LogP contribution in [0.25, 0.3) is 72.4 Å². The van der Waals surface area contributed by atoms with E-state index in [0.29, 0.717) is 27.7 Å². The average Bonchev–Trinajstić information content (AvgIpc) is 3.81. The molecule has 287 valence electrons. The number of aryl methyl sites for hydroxylation is 2. The molecule has 6 heteroatoms. The molecule has 0 unspecified atom stereocenters. The van der Waals surface area contributed by atoms with Crippen LogP contribution >= 0.6 is 0 Å². The molecule has 0 saturated carbocycles. The van der Waals surface area contributed by atoms with Gasteiger partial charge in [0.05, 0.1) is 22.4 Å². The van der Waals surface area contributed by atoms with E-state index in [9.17, 15) is 0 Å². The fourth-order valence-electron chi connectivity index (χ4n) is 7.12. The zero-order chi connectivity index (χ0) is 44.2. The van der Waals surface area contributed by atoms with E-state index in [0.717, 1.165) is 44.7 Å². The summed E-state index contributed by atoms with van der Waals surface area (Å²) < 4.78 is 58.1. The number of benzene rings is 6. The normalized spacial score (nSPS) is 13.7. The minimum absolute atomic E-state index is 0. The molecule has 0 fully saturated rings. The molecule has 1 radical (unpaired) electrons. The Kier molecular flexibility index (Phi) is 9.28. The molecule has 0 bridgehead atoms. The van der Waals surface area contributed by atoms with Gasteiger partial charge in [-0.3, -0.25) is 4.98 Å². The molecule has 57 heavy (non-hydrogen) atoms. The number of furan rings is 1. The largest absolute Gasteiger partial charge is 0 e. The van der Waals surface area contributed by atoms with Crippen LogP contribution in [0, 0.1) is 25.8 Å². The van der Waals surface area contributed by atoms with Crippen molar-refractivity contribution in [1.29, 1.82) is 0 Å². The molecule has 0 aliphatic carbocycles. The van der Waals surface area contributed by atoms with Gasteiger partial charge in [0, 0.05) is 39.4 Å². The van der Waals surface area contributed by atoms with Crippen molar-refractivity contribution in [3.05, 3.63) is 168 Å². The first-order valence-corrected chi connectivity index (χ1v) is 26.2. The van der Waals surface area contributed by atoms with Crippen LogP contribution in [0.2, 0.25) is 17.3 Å². The molecule has 0 amide bonds. The Morgan fingerprint density at radius 1 is 0.737 bits per heavy atom. The van der Waals surface area contributed by atoms with Crippen molar-refractivity contribution >= 4 is 50.6 Å². The van der Waals surface area contributed by atoms with Crippen LogP contribution < -0.4 is 4.40 Å². The second-order valence-electron chi connectivity index (χ2n) is 16.2. The molecule has 0 spiro atoms. The number of hydrogen-bond acceptors (Lipinski definition) is 3. The first kappa shape index (κ1) is 33.0. The predicted molar refractivity (Wildman–Crippen MR) is 238 cm³/mol. The van der Waals surface area contributed by atoms with Crippen LogP contribution in [0.15, 0.2) is 144 Å². The molecule has 4 nitrogen and oxygen atoms in total. The van der Waals surface area contributed by atoms with Crippen molar-refractivity contribution in [2.24, 2.45) is 0 Å². The minimum atomic E-state index is -2.56. The molecule has 6 aromatic carbocycles. The van der Waals surface area contributed by atoms with Crippen molar-refractivity contribution in [2.75, 3.05) is 0 Å².